The number of aryl methyl sites for hydroxylation is 4. The maximum atomic E-state index is 4.37. The van der Waals surface area contributed by atoms with Gasteiger partial charge in [-0.1, -0.05) is 0 Å². The van der Waals surface area contributed by atoms with Crippen molar-refractivity contribution in [2.24, 2.45) is 5.10 Å². The third-order valence-electron chi connectivity index (χ3n) is 2.74. The molecule has 2 aromatic heterocycles. The molecular formula is C14H18N4S. The first-order chi connectivity index (χ1) is 8.95. The number of hydrogen-bond donors (Lipinski definition) is 1. The Morgan fingerprint density at radius 1 is 1.11 bits per heavy atom. The van der Waals surface area contributed by atoms with Crippen molar-refractivity contribution < 1.29 is 0 Å². The predicted molar refractivity (Wildman–Crippen MR) is 81.1 cm³/mol. The maximum Gasteiger partial charge on any atom is 0.243 e. The van der Waals surface area contributed by atoms with Crippen LogP contribution in [0.2, 0.25) is 0 Å². The van der Waals surface area contributed by atoms with Gasteiger partial charge in [0.1, 0.15) is 0 Å². The average Bonchev–Trinajstić information content (AvgIpc) is 2.64. The van der Waals surface area contributed by atoms with E-state index in [-0.39, 0.29) is 0 Å². The fourth-order valence-electron chi connectivity index (χ4n) is 1.96. The average molecular weight is 274 g/mol. The van der Waals surface area contributed by atoms with E-state index in [9.17, 15) is 0 Å². The summed E-state index contributed by atoms with van der Waals surface area (Å²) in [5.74, 6) is 0.543. The highest BCUT2D eigenvalue weighted by atomic mass is 32.1. The minimum Gasteiger partial charge on any atom is -0.245 e. The summed E-state index contributed by atoms with van der Waals surface area (Å²) in [4.78, 5) is 11.2. The second-order valence-corrected chi connectivity index (χ2v) is 6.07. The zero-order valence-corrected chi connectivity index (χ0v) is 12.7. The van der Waals surface area contributed by atoms with Gasteiger partial charge in [-0.15, -0.1) is 11.3 Å². The molecular weight excluding hydrogens is 256 g/mol. The number of hydrazone groups is 1. The van der Waals surface area contributed by atoms with Gasteiger partial charge in [0.05, 0.1) is 5.71 Å². The Morgan fingerprint density at radius 3 is 2.26 bits per heavy atom. The van der Waals surface area contributed by atoms with Crippen LogP contribution < -0.4 is 5.43 Å². The van der Waals surface area contributed by atoms with E-state index in [2.05, 4.69) is 40.4 Å². The van der Waals surface area contributed by atoms with Crippen molar-refractivity contribution in [2.75, 3.05) is 5.43 Å². The van der Waals surface area contributed by atoms with Crippen LogP contribution in [0, 0.1) is 27.7 Å². The van der Waals surface area contributed by atoms with E-state index in [0.29, 0.717) is 5.95 Å². The topological polar surface area (TPSA) is 50.2 Å². The van der Waals surface area contributed by atoms with Gasteiger partial charge < -0.3 is 0 Å². The summed E-state index contributed by atoms with van der Waals surface area (Å²) in [5.41, 5.74) is 6.93. The number of anilines is 1. The smallest absolute Gasteiger partial charge is 0.243 e. The lowest BCUT2D eigenvalue weighted by Crippen LogP contribution is -2.03. The van der Waals surface area contributed by atoms with E-state index in [0.717, 1.165) is 17.1 Å². The molecule has 0 amide bonds. The summed E-state index contributed by atoms with van der Waals surface area (Å²) in [5, 5.41) is 4.37. The maximum absolute atomic E-state index is 4.37. The molecule has 2 rings (SSSR count). The van der Waals surface area contributed by atoms with Gasteiger partial charge >= 0.3 is 0 Å². The van der Waals surface area contributed by atoms with Gasteiger partial charge in [-0.2, -0.15) is 5.10 Å². The van der Waals surface area contributed by atoms with Gasteiger partial charge in [-0.25, -0.2) is 15.4 Å². The Hall–Kier alpha value is -1.75. The molecule has 0 aliphatic heterocycles. The SMILES string of the molecule is C/C(=N/Nc1nc(C)cc(C)n1)c1cc(C)sc1C. The zero-order chi connectivity index (χ0) is 14.0. The molecule has 19 heavy (non-hydrogen) atoms. The third-order valence-corrected chi connectivity index (χ3v) is 3.70. The molecule has 0 atom stereocenters. The second kappa shape index (κ2) is 5.48. The van der Waals surface area contributed by atoms with Crippen molar-refractivity contribution in [3.63, 3.8) is 0 Å². The van der Waals surface area contributed by atoms with E-state index >= 15 is 0 Å². The van der Waals surface area contributed by atoms with Crippen molar-refractivity contribution in [1.82, 2.24) is 9.97 Å². The summed E-state index contributed by atoms with van der Waals surface area (Å²) in [6, 6.07) is 4.09. The van der Waals surface area contributed by atoms with Gasteiger partial charge in [0.2, 0.25) is 5.95 Å². The molecule has 4 nitrogen and oxygen atoms in total. The van der Waals surface area contributed by atoms with Gasteiger partial charge in [-0.3, -0.25) is 0 Å². The van der Waals surface area contributed by atoms with Crippen LogP contribution in [0.1, 0.15) is 33.6 Å². The lowest BCUT2D eigenvalue weighted by Gasteiger charge is -2.03. The molecule has 0 radical (unpaired) electrons. The predicted octanol–water partition coefficient (Wildman–Crippen LogP) is 3.61. The molecule has 100 valence electrons. The van der Waals surface area contributed by atoms with Crippen LogP contribution in [0.15, 0.2) is 17.2 Å². The number of rotatable bonds is 3. The molecule has 0 aliphatic rings. The minimum absolute atomic E-state index is 0.543. The van der Waals surface area contributed by atoms with Crippen molar-refractivity contribution in [1.29, 1.82) is 0 Å². The van der Waals surface area contributed by atoms with E-state index in [1.807, 2.05) is 26.8 Å². The summed E-state index contributed by atoms with van der Waals surface area (Å²) in [6.07, 6.45) is 0. The number of aromatic nitrogens is 2. The molecule has 0 unspecified atom stereocenters. The molecule has 2 aromatic rings. The van der Waals surface area contributed by atoms with E-state index in [1.165, 1.54) is 15.3 Å². The first-order valence-electron chi connectivity index (χ1n) is 6.15. The number of hydrogen-bond acceptors (Lipinski definition) is 5. The van der Waals surface area contributed by atoms with Gasteiger partial charge in [0.25, 0.3) is 0 Å². The Bertz CT molecular complexity index is 608. The highest BCUT2D eigenvalue weighted by molar-refractivity contribution is 7.12. The van der Waals surface area contributed by atoms with Crippen LogP contribution in [-0.2, 0) is 0 Å². The van der Waals surface area contributed by atoms with Crippen LogP contribution in [0.3, 0.4) is 0 Å². The fourth-order valence-corrected chi connectivity index (χ4v) is 2.94. The quantitative estimate of drug-likeness (QED) is 0.687. The Morgan fingerprint density at radius 2 is 1.74 bits per heavy atom. The van der Waals surface area contributed by atoms with Crippen LogP contribution >= 0.6 is 11.3 Å². The highest BCUT2D eigenvalue weighted by Crippen LogP contribution is 2.21. The van der Waals surface area contributed by atoms with Crippen LogP contribution in [-0.4, -0.2) is 15.7 Å². The molecule has 2 heterocycles. The molecule has 0 bridgehead atoms. The lowest BCUT2D eigenvalue weighted by molar-refractivity contribution is 1.03. The summed E-state index contributed by atoms with van der Waals surface area (Å²) >= 11 is 1.78. The largest absolute Gasteiger partial charge is 0.245 e. The van der Waals surface area contributed by atoms with Gasteiger partial charge in [0.15, 0.2) is 0 Å². The number of nitrogens with one attached hydrogen (secondary N) is 1. The molecule has 0 saturated heterocycles. The summed E-state index contributed by atoms with van der Waals surface area (Å²) in [6.45, 7) is 10.1. The number of thiophene rings is 1. The monoisotopic (exact) mass is 274 g/mol. The normalized spacial score (nSPS) is 11.7. The second-order valence-electron chi connectivity index (χ2n) is 4.61. The first kappa shape index (κ1) is 13.7. The van der Waals surface area contributed by atoms with Crippen LogP contribution in [0.4, 0.5) is 5.95 Å². The third kappa shape index (κ3) is 3.38. The standard InChI is InChI=1S/C14H18N4S/c1-8-6-9(2)16-14(15-8)18-17-11(4)13-7-10(3)19-12(13)5/h6-7H,1-5H3,(H,15,16,18)/b17-11-. The lowest BCUT2D eigenvalue weighted by atomic mass is 10.2. The summed E-state index contributed by atoms with van der Waals surface area (Å²) in [7, 11) is 0. The van der Waals surface area contributed by atoms with E-state index in [4.69, 9.17) is 0 Å². The van der Waals surface area contributed by atoms with Crippen molar-refractivity contribution in [2.45, 2.75) is 34.6 Å². The molecule has 5 heteroatoms. The zero-order valence-electron chi connectivity index (χ0n) is 11.9. The molecule has 0 saturated carbocycles. The Labute approximate surface area is 117 Å². The molecule has 0 aliphatic carbocycles. The van der Waals surface area contributed by atoms with Crippen LogP contribution in [0.25, 0.3) is 0 Å². The van der Waals surface area contributed by atoms with E-state index in [1.54, 1.807) is 11.3 Å². The molecule has 0 fully saturated rings. The van der Waals surface area contributed by atoms with Crippen molar-refractivity contribution in [3.8, 4) is 0 Å². The molecule has 1 N–H and O–H groups in total. The molecule has 0 spiro atoms. The molecule has 0 aromatic carbocycles. The first-order valence-corrected chi connectivity index (χ1v) is 6.97. The van der Waals surface area contributed by atoms with E-state index < -0.39 is 0 Å². The van der Waals surface area contributed by atoms with Gasteiger partial charge in [0, 0.05) is 26.7 Å². The summed E-state index contributed by atoms with van der Waals surface area (Å²) < 4.78 is 0. The number of nitrogens with zero attached hydrogens (tertiary/aromatic N) is 3. The Balaban J connectivity index is 2.20. The Kier molecular flexibility index (Phi) is 3.95. The minimum atomic E-state index is 0.543. The fraction of sp³-hybridized carbons (Fsp3) is 0.357. The van der Waals surface area contributed by atoms with Gasteiger partial charge in [-0.05, 0) is 46.8 Å². The highest BCUT2D eigenvalue weighted by Gasteiger charge is 2.06. The van der Waals surface area contributed by atoms with Crippen molar-refractivity contribution >= 4 is 23.0 Å². The van der Waals surface area contributed by atoms with Crippen molar-refractivity contribution in [3.05, 3.63) is 38.8 Å². The van der Waals surface area contributed by atoms with Crippen LogP contribution in [0.5, 0.6) is 0 Å².